The zero-order valence-corrected chi connectivity index (χ0v) is 29.0. The van der Waals surface area contributed by atoms with Gasteiger partial charge in [-0.1, -0.05) is 121 Å². The van der Waals surface area contributed by atoms with Crippen molar-refractivity contribution in [1.82, 2.24) is 24.9 Å². The lowest BCUT2D eigenvalue weighted by atomic mass is 9.95. The molecule has 0 radical (unpaired) electrons. The van der Waals surface area contributed by atoms with E-state index in [9.17, 15) is 0 Å². The highest BCUT2D eigenvalue weighted by Gasteiger charge is 2.14. The Morgan fingerprint density at radius 3 is 1.43 bits per heavy atom. The van der Waals surface area contributed by atoms with Crippen molar-refractivity contribution in [2.75, 3.05) is 0 Å². The molecule has 5 heterocycles. The summed E-state index contributed by atoms with van der Waals surface area (Å²) in [6.45, 7) is 0. The second-order valence-electron chi connectivity index (χ2n) is 13.7. The predicted octanol–water partition coefficient (Wildman–Crippen LogP) is 12.2. The number of hydrogen-bond donors (Lipinski definition) is 0. The standard InChI is InChI=1S/C49H29N5/c1-2-10-38-37(9-1)39(21-22-40(38)43-25-20-34-15-14-33-8-5-27-51-48(33)49(34)54-43)42-23-18-30-12-16-35(28-45(30)52-42)36-17-13-31-19-24-44(53-46(31)29-36)41-11-3-6-32-7-4-26-50-47(32)41/h1-29H. The fourth-order valence-electron chi connectivity index (χ4n) is 7.82. The zero-order valence-electron chi connectivity index (χ0n) is 29.0. The number of nitrogens with zero attached hydrogens (tertiary/aromatic N) is 5. The van der Waals surface area contributed by atoms with E-state index in [0.717, 1.165) is 110 Å². The molecule has 0 saturated carbocycles. The van der Waals surface area contributed by atoms with Crippen molar-refractivity contribution < 1.29 is 0 Å². The van der Waals surface area contributed by atoms with Gasteiger partial charge in [0.2, 0.25) is 0 Å². The van der Waals surface area contributed by atoms with Crippen molar-refractivity contribution in [2.45, 2.75) is 0 Å². The third-order valence-electron chi connectivity index (χ3n) is 10.5. The minimum atomic E-state index is 0.911. The van der Waals surface area contributed by atoms with E-state index in [0.29, 0.717) is 0 Å². The lowest BCUT2D eigenvalue weighted by Gasteiger charge is -2.13. The molecule has 0 amide bonds. The maximum atomic E-state index is 5.26. The summed E-state index contributed by atoms with van der Waals surface area (Å²) in [6.07, 6.45) is 3.67. The number of fused-ring (bicyclic) bond motifs is 7. The highest BCUT2D eigenvalue weighted by Crippen LogP contribution is 2.37. The van der Waals surface area contributed by atoms with Crippen LogP contribution in [0.3, 0.4) is 0 Å². The van der Waals surface area contributed by atoms with Crippen LogP contribution in [0.5, 0.6) is 0 Å². The van der Waals surface area contributed by atoms with Gasteiger partial charge in [0, 0.05) is 56.0 Å². The van der Waals surface area contributed by atoms with Crippen LogP contribution in [0.15, 0.2) is 176 Å². The Bertz CT molecular complexity index is 3290. The predicted molar refractivity (Wildman–Crippen MR) is 222 cm³/mol. The summed E-state index contributed by atoms with van der Waals surface area (Å²) in [5.41, 5.74) is 12.8. The first-order chi connectivity index (χ1) is 26.7. The minimum Gasteiger partial charge on any atom is -0.256 e. The van der Waals surface area contributed by atoms with E-state index in [1.165, 1.54) is 0 Å². The van der Waals surface area contributed by atoms with E-state index in [1.807, 2.05) is 24.5 Å². The molecule has 250 valence electrons. The Balaban J connectivity index is 0.985. The van der Waals surface area contributed by atoms with Crippen LogP contribution in [0.2, 0.25) is 0 Å². The van der Waals surface area contributed by atoms with Gasteiger partial charge in [-0.15, -0.1) is 0 Å². The van der Waals surface area contributed by atoms with Gasteiger partial charge in [-0.3, -0.25) is 9.97 Å². The van der Waals surface area contributed by atoms with Crippen LogP contribution in [0.25, 0.3) is 110 Å². The fraction of sp³-hybridized carbons (Fsp3) is 0. The number of para-hydroxylation sites is 1. The van der Waals surface area contributed by atoms with Crippen molar-refractivity contribution >= 4 is 65.3 Å². The summed E-state index contributed by atoms with van der Waals surface area (Å²) in [5, 5.41) is 7.72. The first-order valence-corrected chi connectivity index (χ1v) is 18.1. The van der Waals surface area contributed by atoms with Crippen LogP contribution in [0.1, 0.15) is 0 Å². The summed E-state index contributed by atoms with van der Waals surface area (Å²) in [5.74, 6) is 0. The van der Waals surface area contributed by atoms with Gasteiger partial charge >= 0.3 is 0 Å². The van der Waals surface area contributed by atoms with Gasteiger partial charge in [0.1, 0.15) is 0 Å². The lowest BCUT2D eigenvalue weighted by molar-refractivity contribution is 1.37. The van der Waals surface area contributed by atoms with Crippen molar-refractivity contribution in [3.05, 3.63) is 176 Å². The van der Waals surface area contributed by atoms with Gasteiger partial charge in [0.15, 0.2) is 0 Å². The van der Waals surface area contributed by atoms with Crippen LogP contribution < -0.4 is 0 Å². The summed E-state index contributed by atoms with van der Waals surface area (Å²) in [6, 6.07) is 57.2. The molecular formula is C49H29N5. The molecule has 5 aromatic heterocycles. The Labute approximate surface area is 310 Å². The molecule has 0 saturated heterocycles. The van der Waals surface area contributed by atoms with Crippen LogP contribution in [0, 0.1) is 0 Å². The molecule has 5 nitrogen and oxygen atoms in total. The molecule has 5 heteroatoms. The average molecular weight is 688 g/mol. The molecule has 11 aromatic rings. The number of hydrogen-bond acceptors (Lipinski definition) is 5. The maximum absolute atomic E-state index is 5.26. The number of pyridine rings is 5. The van der Waals surface area contributed by atoms with Gasteiger partial charge in [0.05, 0.1) is 44.7 Å². The van der Waals surface area contributed by atoms with Gasteiger partial charge in [-0.05, 0) is 64.4 Å². The third kappa shape index (κ3) is 4.98. The minimum absolute atomic E-state index is 0.911. The second-order valence-corrected chi connectivity index (χ2v) is 13.7. The van der Waals surface area contributed by atoms with Crippen molar-refractivity contribution in [3.63, 3.8) is 0 Å². The van der Waals surface area contributed by atoms with Gasteiger partial charge in [-0.2, -0.15) is 0 Å². The Morgan fingerprint density at radius 1 is 0.296 bits per heavy atom. The average Bonchev–Trinajstić information content (AvgIpc) is 3.24. The van der Waals surface area contributed by atoms with Crippen molar-refractivity contribution in [1.29, 1.82) is 0 Å². The molecule has 6 aromatic carbocycles. The summed E-state index contributed by atoms with van der Waals surface area (Å²) < 4.78 is 0. The topological polar surface area (TPSA) is 64.5 Å². The smallest absolute Gasteiger partial charge is 0.0972 e. The lowest BCUT2D eigenvalue weighted by Crippen LogP contribution is -1.92. The van der Waals surface area contributed by atoms with Gasteiger partial charge < -0.3 is 0 Å². The Morgan fingerprint density at radius 2 is 0.778 bits per heavy atom. The van der Waals surface area contributed by atoms with Crippen LogP contribution in [-0.2, 0) is 0 Å². The largest absolute Gasteiger partial charge is 0.256 e. The maximum Gasteiger partial charge on any atom is 0.0972 e. The monoisotopic (exact) mass is 687 g/mol. The molecule has 0 spiro atoms. The molecule has 54 heavy (non-hydrogen) atoms. The molecule has 0 fully saturated rings. The molecule has 0 aliphatic carbocycles. The highest BCUT2D eigenvalue weighted by molar-refractivity contribution is 6.07. The molecular weight excluding hydrogens is 659 g/mol. The summed E-state index contributed by atoms with van der Waals surface area (Å²) in [4.78, 5) is 24.9. The quantitative estimate of drug-likeness (QED) is 0.172. The normalized spacial score (nSPS) is 11.7. The van der Waals surface area contributed by atoms with E-state index in [1.54, 1.807) is 0 Å². The molecule has 11 rings (SSSR count). The first-order valence-electron chi connectivity index (χ1n) is 18.1. The van der Waals surface area contributed by atoms with E-state index >= 15 is 0 Å². The number of aromatic nitrogens is 5. The van der Waals surface area contributed by atoms with E-state index < -0.39 is 0 Å². The SMILES string of the molecule is c1cnc2c(-c3ccc4ccc(-c5ccc6ccc(-c7ccc(-c8ccc9ccc%10cccnc%10c9n8)c8ccccc78)nc6c5)cc4n3)cccc2c1. The van der Waals surface area contributed by atoms with E-state index in [4.69, 9.17) is 15.0 Å². The molecule has 0 bridgehead atoms. The Kier molecular flexibility index (Phi) is 6.79. The molecule has 0 atom stereocenters. The molecule has 0 aliphatic rings. The van der Waals surface area contributed by atoms with Crippen LogP contribution >= 0.6 is 0 Å². The first kappa shape index (κ1) is 30.3. The zero-order chi connectivity index (χ0) is 35.6. The number of rotatable bonds is 4. The van der Waals surface area contributed by atoms with E-state index in [-0.39, 0.29) is 0 Å². The van der Waals surface area contributed by atoms with E-state index in [2.05, 4.69) is 162 Å². The van der Waals surface area contributed by atoms with Crippen LogP contribution in [-0.4, -0.2) is 24.9 Å². The number of benzene rings is 6. The van der Waals surface area contributed by atoms with Crippen LogP contribution in [0.4, 0.5) is 0 Å². The van der Waals surface area contributed by atoms with Crippen molar-refractivity contribution in [2.24, 2.45) is 0 Å². The molecule has 0 N–H and O–H groups in total. The summed E-state index contributed by atoms with van der Waals surface area (Å²) >= 11 is 0. The highest BCUT2D eigenvalue weighted by atomic mass is 14.8. The van der Waals surface area contributed by atoms with Crippen molar-refractivity contribution in [3.8, 4) is 44.9 Å². The molecule has 0 unspecified atom stereocenters. The fourth-order valence-corrected chi connectivity index (χ4v) is 7.82. The Hall–Kier alpha value is -7.37. The summed E-state index contributed by atoms with van der Waals surface area (Å²) in [7, 11) is 0. The third-order valence-corrected chi connectivity index (χ3v) is 10.5. The second kappa shape index (κ2) is 12.1. The molecule has 0 aliphatic heterocycles. The van der Waals surface area contributed by atoms with Gasteiger partial charge in [-0.25, -0.2) is 15.0 Å². The van der Waals surface area contributed by atoms with Gasteiger partial charge in [0.25, 0.3) is 0 Å².